The monoisotopic (exact) mass is 350 g/mol. The first kappa shape index (κ1) is 16.5. The van der Waals surface area contributed by atoms with Crippen LogP contribution in [-0.2, 0) is 9.53 Å². The lowest BCUT2D eigenvalue weighted by atomic mass is 10.2. The van der Waals surface area contributed by atoms with E-state index in [9.17, 15) is 14.0 Å². The lowest BCUT2D eigenvalue weighted by Crippen LogP contribution is -2.46. The van der Waals surface area contributed by atoms with E-state index in [0.29, 0.717) is 28.6 Å². The molecular weight excluding hydrogens is 335 g/mol. The molecule has 1 aromatic carbocycles. The van der Waals surface area contributed by atoms with E-state index in [4.69, 9.17) is 9.84 Å². The van der Waals surface area contributed by atoms with Gasteiger partial charge in [-0.3, -0.25) is 9.59 Å². The zero-order valence-corrected chi connectivity index (χ0v) is 13.5. The van der Waals surface area contributed by atoms with Gasteiger partial charge in [-0.05, 0) is 12.1 Å². The van der Waals surface area contributed by atoms with Crippen LogP contribution in [0.1, 0.15) is 16.1 Å². The fourth-order valence-electron chi connectivity index (χ4n) is 2.51. The number of benzene rings is 1. The average molecular weight is 350 g/mol. The molecule has 1 aliphatic heterocycles. The third-order valence-electron chi connectivity index (χ3n) is 3.65. The maximum Gasteiger partial charge on any atom is 0.306 e. The Morgan fingerprint density at radius 3 is 2.96 bits per heavy atom. The van der Waals surface area contributed by atoms with Gasteiger partial charge in [-0.25, -0.2) is 9.37 Å². The highest BCUT2D eigenvalue weighted by Crippen LogP contribution is 2.28. The number of nitrogens with zero attached hydrogens (tertiary/aromatic N) is 2. The van der Waals surface area contributed by atoms with Gasteiger partial charge in [-0.1, -0.05) is 12.1 Å². The number of hydrogen-bond acceptors (Lipinski definition) is 5. The summed E-state index contributed by atoms with van der Waals surface area (Å²) >= 11 is 1.12. The summed E-state index contributed by atoms with van der Waals surface area (Å²) in [4.78, 5) is 29.4. The number of hydrogen-bond donors (Lipinski definition) is 1. The Bertz CT molecular complexity index is 764. The predicted molar refractivity (Wildman–Crippen MR) is 85.4 cm³/mol. The minimum absolute atomic E-state index is 0.146. The number of carbonyl (C=O) groups is 2. The van der Waals surface area contributed by atoms with Crippen molar-refractivity contribution in [2.75, 3.05) is 19.7 Å². The van der Waals surface area contributed by atoms with Crippen molar-refractivity contribution >= 4 is 23.2 Å². The van der Waals surface area contributed by atoms with E-state index in [0.717, 1.165) is 11.3 Å². The van der Waals surface area contributed by atoms with Crippen LogP contribution in [0.2, 0.25) is 0 Å². The molecule has 1 fully saturated rings. The van der Waals surface area contributed by atoms with Crippen LogP contribution in [0, 0.1) is 5.82 Å². The highest BCUT2D eigenvalue weighted by atomic mass is 32.1. The van der Waals surface area contributed by atoms with Crippen molar-refractivity contribution in [3.05, 3.63) is 41.2 Å². The van der Waals surface area contributed by atoms with Crippen molar-refractivity contribution in [3.8, 4) is 10.6 Å². The van der Waals surface area contributed by atoms with Crippen molar-refractivity contribution in [3.63, 3.8) is 0 Å². The van der Waals surface area contributed by atoms with E-state index in [1.807, 2.05) is 0 Å². The molecule has 1 saturated heterocycles. The number of morpholine rings is 1. The maximum atomic E-state index is 13.8. The molecule has 1 atom stereocenters. The molecule has 6 nitrogen and oxygen atoms in total. The molecule has 3 rings (SSSR count). The molecule has 0 bridgehead atoms. The zero-order chi connectivity index (χ0) is 17.1. The van der Waals surface area contributed by atoms with Crippen molar-refractivity contribution in [1.29, 1.82) is 0 Å². The summed E-state index contributed by atoms with van der Waals surface area (Å²) in [6, 6.07) is 6.26. The van der Waals surface area contributed by atoms with E-state index >= 15 is 0 Å². The zero-order valence-electron chi connectivity index (χ0n) is 12.6. The maximum absolute atomic E-state index is 13.8. The second kappa shape index (κ2) is 7.06. The van der Waals surface area contributed by atoms with Crippen LogP contribution in [0.3, 0.4) is 0 Å². The molecule has 0 spiro atoms. The molecule has 1 amide bonds. The minimum atomic E-state index is -0.964. The summed E-state index contributed by atoms with van der Waals surface area (Å²) in [5, 5.41) is 9.27. The molecule has 126 valence electrons. The van der Waals surface area contributed by atoms with E-state index in [-0.39, 0.29) is 18.9 Å². The summed E-state index contributed by atoms with van der Waals surface area (Å²) < 4.78 is 19.2. The third-order valence-corrected chi connectivity index (χ3v) is 4.67. The van der Waals surface area contributed by atoms with Crippen molar-refractivity contribution in [2.45, 2.75) is 12.5 Å². The highest BCUT2D eigenvalue weighted by Gasteiger charge is 2.27. The minimum Gasteiger partial charge on any atom is -0.481 e. The van der Waals surface area contributed by atoms with Crippen molar-refractivity contribution < 1.29 is 23.8 Å². The van der Waals surface area contributed by atoms with E-state index in [1.54, 1.807) is 23.1 Å². The Morgan fingerprint density at radius 1 is 1.42 bits per heavy atom. The lowest BCUT2D eigenvalue weighted by molar-refractivity contribution is -0.141. The summed E-state index contributed by atoms with van der Waals surface area (Å²) in [5.74, 6) is -1.60. The molecule has 1 aromatic heterocycles. The van der Waals surface area contributed by atoms with Gasteiger partial charge in [-0.2, -0.15) is 0 Å². The number of carboxylic acid groups (broad SMARTS) is 1. The number of amides is 1. The first-order valence-electron chi connectivity index (χ1n) is 7.38. The molecule has 0 radical (unpaired) electrons. The molecule has 1 unspecified atom stereocenters. The molecule has 8 heteroatoms. The summed E-state index contributed by atoms with van der Waals surface area (Å²) in [6.07, 6.45) is 0.766. The Morgan fingerprint density at radius 2 is 2.21 bits per heavy atom. The number of ether oxygens (including phenoxy) is 1. The van der Waals surface area contributed by atoms with Crippen LogP contribution >= 0.6 is 11.3 Å². The molecule has 2 heterocycles. The number of carboxylic acids is 1. The molecule has 0 saturated carbocycles. The number of aromatic nitrogens is 1. The normalized spacial score (nSPS) is 17.7. The SMILES string of the molecule is O=C(O)CC1CN(C(=O)c2cnc(-c3ccccc3F)s2)CCO1. The fourth-order valence-corrected chi connectivity index (χ4v) is 3.42. The lowest BCUT2D eigenvalue weighted by Gasteiger charge is -2.31. The van der Waals surface area contributed by atoms with Gasteiger partial charge < -0.3 is 14.7 Å². The van der Waals surface area contributed by atoms with Crippen LogP contribution in [0.5, 0.6) is 0 Å². The van der Waals surface area contributed by atoms with Crippen LogP contribution in [0.25, 0.3) is 10.6 Å². The van der Waals surface area contributed by atoms with Gasteiger partial charge in [0.25, 0.3) is 5.91 Å². The number of halogens is 1. The van der Waals surface area contributed by atoms with E-state index in [2.05, 4.69) is 4.98 Å². The number of aliphatic carboxylic acids is 1. The Hall–Kier alpha value is -2.32. The largest absolute Gasteiger partial charge is 0.481 e. The first-order chi connectivity index (χ1) is 11.5. The molecule has 24 heavy (non-hydrogen) atoms. The van der Waals surface area contributed by atoms with Crippen LogP contribution in [0.15, 0.2) is 30.5 Å². The molecule has 1 aliphatic rings. The molecule has 1 N–H and O–H groups in total. The van der Waals surface area contributed by atoms with Gasteiger partial charge in [-0.15, -0.1) is 11.3 Å². The Balaban J connectivity index is 1.74. The van der Waals surface area contributed by atoms with Gasteiger partial charge in [0.1, 0.15) is 15.7 Å². The number of thiazole rings is 1. The average Bonchev–Trinajstić information content (AvgIpc) is 3.04. The third kappa shape index (κ3) is 3.60. The van der Waals surface area contributed by atoms with Crippen molar-refractivity contribution in [2.24, 2.45) is 0 Å². The van der Waals surface area contributed by atoms with E-state index in [1.165, 1.54) is 12.3 Å². The quantitative estimate of drug-likeness (QED) is 0.915. The summed E-state index contributed by atoms with van der Waals surface area (Å²) in [5.41, 5.74) is 0.354. The summed E-state index contributed by atoms with van der Waals surface area (Å²) in [7, 11) is 0. The van der Waals surface area contributed by atoms with Gasteiger partial charge in [0.15, 0.2) is 0 Å². The van der Waals surface area contributed by atoms with Crippen molar-refractivity contribution in [1.82, 2.24) is 9.88 Å². The standard InChI is InChI=1S/C16H15FN2O4S/c17-12-4-2-1-3-11(12)15-18-8-13(24-15)16(22)19-5-6-23-10(9-19)7-14(20)21/h1-4,8,10H,5-7,9H2,(H,20,21). The smallest absolute Gasteiger partial charge is 0.306 e. The Labute approximate surface area is 141 Å². The second-order valence-corrected chi connectivity index (χ2v) is 6.38. The van der Waals surface area contributed by atoms with Gasteiger partial charge >= 0.3 is 5.97 Å². The molecule has 0 aliphatic carbocycles. The van der Waals surface area contributed by atoms with Crippen LogP contribution < -0.4 is 0 Å². The predicted octanol–water partition coefficient (Wildman–Crippen LogP) is 2.26. The van der Waals surface area contributed by atoms with Gasteiger partial charge in [0, 0.05) is 18.7 Å². The highest BCUT2D eigenvalue weighted by molar-refractivity contribution is 7.16. The van der Waals surface area contributed by atoms with Gasteiger partial charge in [0.2, 0.25) is 0 Å². The number of carbonyl (C=O) groups excluding carboxylic acids is 1. The number of rotatable bonds is 4. The van der Waals surface area contributed by atoms with Crippen LogP contribution in [0.4, 0.5) is 4.39 Å². The van der Waals surface area contributed by atoms with E-state index < -0.39 is 17.9 Å². The first-order valence-corrected chi connectivity index (χ1v) is 8.19. The van der Waals surface area contributed by atoms with Crippen LogP contribution in [-0.4, -0.2) is 52.7 Å². The second-order valence-electron chi connectivity index (χ2n) is 5.35. The van der Waals surface area contributed by atoms with Gasteiger partial charge in [0.05, 0.1) is 25.3 Å². The summed E-state index contributed by atoms with van der Waals surface area (Å²) in [6.45, 7) is 0.905. The topological polar surface area (TPSA) is 79.7 Å². The molecule has 2 aromatic rings. The fraction of sp³-hybridized carbons (Fsp3) is 0.312. The molecular formula is C16H15FN2O4S. The Kier molecular flexibility index (Phi) is 4.86.